The number of fused-ring (bicyclic) bond motifs is 1. The van der Waals surface area contributed by atoms with Gasteiger partial charge in [-0.1, -0.05) is 6.07 Å². The Hall–Kier alpha value is -2.81. The largest absolute Gasteiger partial charge is 0.454 e. The predicted molar refractivity (Wildman–Crippen MR) is 96.8 cm³/mol. The fourth-order valence-electron chi connectivity index (χ4n) is 3.86. The first-order valence-electron chi connectivity index (χ1n) is 9.25. The standard InChI is InChI=1S/C19H23N3O6/c1-11-7-21(8-12(2)28-11)16(23)9-22-17(24)19(3,20-18(22)25)13-4-5-14-15(6-13)27-10-26-14/h4-6,11-12H,7-10H2,1-3H3,(H,20,25)/t11-,12-,19-/m1/s1. The minimum absolute atomic E-state index is 0.0882. The highest BCUT2D eigenvalue weighted by molar-refractivity contribution is 6.09. The molecular formula is C19H23N3O6. The molecule has 2 saturated heterocycles. The number of hydrogen-bond acceptors (Lipinski definition) is 6. The normalized spacial score (nSPS) is 29.2. The second-order valence-electron chi connectivity index (χ2n) is 7.57. The quantitative estimate of drug-likeness (QED) is 0.769. The van der Waals surface area contributed by atoms with E-state index in [0.29, 0.717) is 30.2 Å². The van der Waals surface area contributed by atoms with Crippen LogP contribution in [0.15, 0.2) is 18.2 Å². The Kier molecular flexibility index (Phi) is 4.41. The van der Waals surface area contributed by atoms with E-state index in [4.69, 9.17) is 14.2 Å². The lowest BCUT2D eigenvalue weighted by molar-refractivity contribution is -0.146. The van der Waals surface area contributed by atoms with Crippen molar-refractivity contribution in [2.75, 3.05) is 26.4 Å². The molecule has 28 heavy (non-hydrogen) atoms. The van der Waals surface area contributed by atoms with Crippen LogP contribution in [0.3, 0.4) is 0 Å². The van der Waals surface area contributed by atoms with Crippen molar-refractivity contribution in [3.05, 3.63) is 23.8 Å². The van der Waals surface area contributed by atoms with Gasteiger partial charge in [0.25, 0.3) is 5.91 Å². The number of carbonyl (C=O) groups is 3. The Morgan fingerprint density at radius 2 is 1.86 bits per heavy atom. The van der Waals surface area contributed by atoms with Crippen molar-refractivity contribution in [3.63, 3.8) is 0 Å². The Morgan fingerprint density at radius 1 is 1.18 bits per heavy atom. The zero-order valence-electron chi connectivity index (χ0n) is 16.1. The van der Waals surface area contributed by atoms with Crippen molar-refractivity contribution < 1.29 is 28.6 Å². The molecule has 0 unspecified atom stereocenters. The third-order valence-corrected chi connectivity index (χ3v) is 5.29. The number of hydrogen-bond donors (Lipinski definition) is 1. The Balaban J connectivity index is 1.51. The van der Waals surface area contributed by atoms with E-state index in [-0.39, 0.29) is 31.5 Å². The summed E-state index contributed by atoms with van der Waals surface area (Å²) < 4.78 is 16.3. The lowest BCUT2D eigenvalue weighted by Gasteiger charge is -2.35. The summed E-state index contributed by atoms with van der Waals surface area (Å²) in [5.41, 5.74) is -0.706. The summed E-state index contributed by atoms with van der Waals surface area (Å²) in [4.78, 5) is 40.9. The highest BCUT2D eigenvalue weighted by Crippen LogP contribution is 2.37. The van der Waals surface area contributed by atoms with Gasteiger partial charge in [-0.3, -0.25) is 14.5 Å². The molecular weight excluding hydrogens is 366 g/mol. The summed E-state index contributed by atoms with van der Waals surface area (Å²) in [6, 6.07) is 4.50. The second kappa shape index (κ2) is 6.66. The van der Waals surface area contributed by atoms with Crippen LogP contribution in [0.1, 0.15) is 26.3 Å². The van der Waals surface area contributed by atoms with Crippen molar-refractivity contribution >= 4 is 17.8 Å². The van der Waals surface area contributed by atoms with Crippen molar-refractivity contribution in [1.82, 2.24) is 15.1 Å². The Morgan fingerprint density at radius 3 is 2.57 bits per heavy atom. The van der Waals surface area contributed by atoms with Crippen LogP contribution >= 0.6 is 0 Å². The summed E-state index contributed by atoms with van der Waals surface area (Å²) in [6.45, 7) is 6.09. The van der Waals surface area contributed by atoms with Gasteiger partial charge in [0, 0.05) is 13.1 Å². The molecule has 0 radical (unpaired) electrons. The maximum Gasteiger partial charge on any atom is 0.325 e. The van der Waals surface area contributed by atoms with Gasteiger partial charge in [-0.2, -0.15) is 0 Å². The molecule has 3 aliphatic heterocycles. The number of ether oxygens (including phenoxy) is 3. The first kappa shape index (κ1) is 18.5. The number of rotatable bonds is 3. The molecule has 0 saturated carbocycles. The number of nitrogens with zero attached hydrogens (tertiary/aromatic N) is 2. The number of urea groups is 1. The molecule has 9 nitrogen and oxygen atoms in total. The summed E-state index contributed by atoms with van der Waals surface area (Å²) in [6.07, 6.45) is -0.176. The second-order valence-corrected chi connectivity index (χ2v) is 7.57. The minimum atomic E-state index is -1.27. The van der Waals surface area contributed by atoms with E-state index < -0.39 is 17.5 Å². The minimum Gasteiger partial charge on any atom is -0.454 e. The lowest BCUT2D eigenvalue weighted by Crippen LogP contribution is -2.52. The molecule has 1 N–H and O–H groups in total. The number of imide groups is 1. The predicted octanol–water partition coefficient (Wildman–Crippen LogP) is 0.818. The summed E-state index contributed by atoms with van der Waals surface area (Å²) in [5.74, 6) is 0.359. The Labute approximate surface area is 162 Å². The maximum absolute atomic E-state index is 13.1. The highest BCUT2D eigenvalue weighted by Gasteiger charge is 2.50. The van der Waals surface area contributed by atoms with Crippen LogP contribution in [-0.2, 0) is 19.9 Å². The van der Waals surface area contributed by atoms with Gasteiger partial charge in [0.2, 0.25) is 12.7 Å². The van der Waals surface area contributed by atoms with Gasteiger partial charge in [-0.25, -0.2) is 4.79 Å². The first-order chi connectivity index (χ1) is 13.3. The van der Waals surface area contributed by atoms with E-state index >= 15 is 0 Å². The summed E-state index contributed by atoms with van der Waals surface area (Å²) in [7, 11) is 0. The van der Waals surface area contributed by atoms with E-state index in [1.165, 1.54) is 0 Å². The number of amides is 4. The number of carbonyl (C=O) groups excluding carboxylic acids is 3. The molecule has 0 aliphatic carbocycles. The van der Waals surface area contributed by atoms with Crippen LogP contribution in [0.2, 0.25) is 0 Å². The SMILES string of the molecule is C[C@@H]1CN(C(=O)CN2C(=O)N[C@](C)(c3ccc4c(c3)OCO4)C2=O)C[C@@H](C)O1. The van der Waals surface area contributed by atoms with Crippen LogP contribution in [-0.4, -0.2) is 66.3 Å². The van der Waals surface area contributed by atoms with Gasteiger partial charge >= 0.3 is 6.03 Å². The molecule has 2 fully saturated rings. The smallest absolute Gasteiger partial charge is 0.325 e. The topological polar surface area (TPSA) is 97.4 Å². The Bertz CT molecular complexity index is 833. The molecule has 1 aromatic carbocycles. The van der Waals surface area contributed by atoms with Crippen LogP contribution in [0.4, 0.5) is 4.79 Å². The molecule has 150 valence electrons. The summed E-state index contributed by atoms with van der Waals surface area (Å²) in [5, 5.41) is 2.71. The third kappa shape index (κ3) is 3.05. The van der Waals surface area contributed by atoms with E-state index in [2.05, 4.69) is 5.32 Å². The molecule has 4 amide bonds. The monoisotopic (exact) mass is 389 g/mol. The van der Waals surface area contributed by atoms with E-state index in [0.717, 1.165) is 4.90 Å². The van der Waals surface area contributed by atoms with Gasteiger partial charge in [0.1, 0.15) is 12.1 Å². The number of morpholine rings is 1. The third-order valence-electron chi connectivity index (χ3n) is 5.29. The van der Waals surface area contributed by atoms with E-state index in [1.807, 2.05) is 13.8 Å². The van der Waals surface area contributed by atoms with Crippen molar-refractivity contribution in [2.45, 2.75) is 38.5 Å². The fraction of sp³-hybridized carbons (Fsp3) is 0.526. The highest BCUT2D eigenvalue weighted by atomic mass is 16.7. The van der Waals surface area contributed by atoms with E-state index in [1.54, 1.807) is 30.0 Å². The number of nitrogens with one attached hydrogen (secondary N) is 1. The molecule has 9 heteroatoms. The van der Waals surface area contributed by atoms with Gasteiger partial charge in [-0.15, -0.1) is 0 Å². The lowest BCUT2D eigenvalue weighted by atomic mass is 9.91. The molecule has 0 spiro atoms. The summed E-state index contributed by atoms with van der Waals surface area (Å²) >= 11 is 0. The molecule has 1 aromatic rings. The number of benzene rings is 1. The fourth-order valence-corrected chi connectivity index (χ4v) is 3.86. The molecule has 0 bridgehead atoms. The zero-order valence-corrected chi connectivity index (χ0v) is 16.1. The van der Waals surface area contributed by atoms with E-state index in [9.17, 15) is 14.4 Å². The van der Waals surface area contributed by atoms with Gasteiger partial charge in [-0.05, 0) is 38.5 Å². The molecule has 4 rings (SSSR count). The van der Waals surface area contributed by atoms with Crippen LogP contribution < -0.4 is 14.8 Å². The van der Waals surface area contributed by atoms with Crippen LogP contribution in [0, 0.1) is 0 Å². The maximum atomic E-state index is 13.1. The van der Waals surface area contributed by atoms with Crippen molar-refractivity contribution in [3.8, 4) is 11.5 Å². The van der Waals surface area contributed by atoms with Gasteiger partial charge < -0.3 is 24.4 Å². The van der Waals surface area contributed by atoms with Crippen LogP contribution in [0.5, 0.6) is 11.5 Å². The van der Waals surface area contributed by atoms with Crippen LogP contribution in [0.25, 0.3) is 0 Å². The average molecular weight is 389 g/mol. The molecule has 3 aliphatic rings. The molecule has 0 aromatic heterocycles. The van der Waals surface area contributed by atoms with Crippen molar-refractivity contribution in [2.24, 2.45) is 0 Å². The molecule has 3 heterocycles. The molecule has 3 atom stereocenters. The zero-order chi connectivity index (χ0) is 20.1. The van der Waals surface area contributed by atoms with Gasteiger partial charge in [0.05, 0.1) is 12.2 Å². The van der Waals surface area contributed by atoms with Gasteiger partial charge in [0.15, 0.2) is 11.5 Å². The van der Waals surface area contributed by atoms with Crippen molar-refractivity contribution in [1.29, 1.82) is 0 Å². The average Bonchev–Trinajstić information content (AvgIpc) is 3.19. The first-order valence-corrected chi connectivity index (χ1v) is 9.25.